The second kappa shape index (κ2) is 3.63. The Balaban J connectivity index is 2.49. The van der Waals surface area contributed by atoms with E-state index in [1.807, 2.05) is 6.92 Å². The van der Waals surface area contributed by atoms with Gasteiger partial charge >= 0.3 is 0 Å². The summed E-state index contributed by atoms with van der Waals surface area (Å²) in [6, 6.07) is 0. The molecule has 13 heavy (non-hydrogen) atoms. The van der Waals surface area contributed by atoms with Crippen LogP contribution in [0.25, 0.3) is 0 Å². The summed E-state index contributed by atoms with van der Waals surface area (Å²) < 4.78 is 21.7. The molecule has 1 heterocycles. The number of nitrogens with one attached hydrogen (secondary N) is 1. The van der Waals surface area contributed by atoms with Crippen LogP contribution in [-0.2, 0) is 14.6 Å². The summed E-state index contributed by atoms with van der Waals surface area (Å²) in [7, 11) is -2.98. The molecule has 0 aromatic carbocycles. The smallest absolute Gasteiger partial charge is 0.237 e. The van der Waals surface area contributed by atoms with Gasteiger partial charge in [-0.2, -0.15) is 0 Å². The first-order valence-electron chi connectivity index (χ1n) is 4.11. The highest BCUT2D eigenvalue weighted by Crippen LogP contribution is 2.03. The molecule has 1 fully saturated rings. The van der Waals surface area contributed by atoms with E-state index in [0.717, 1.165) is 0 Å². The number of rotatable bonds is 3. The topological polar surface area (TPSA) is 66.5 Å². The Labute approximate surface area is 78.0 Å². The molecule has 0 aliphatic carbocycles. The van der Waals surface area contributed by atoms with Crippen LogP contribution < -0.4 is 5.32 Å². The number of carbonyl (C=O) groups excluding carboxylic acids is 1. The maximum atomic E-state index is 11.2. The summed E-state index contributed by atoms with van der Waals surface area (Å²) >= 11 is 0. The van der Waals surface area contributed by atoms with Gasteiger partial charge in [-0.05, 0) is 6.92 Å². The maximum absolute atomic E-state index is 11.2. The zero-order chi connectivity index (χ0) is 10.1. The van der Waals surface area contributed by atoms with Crippen LogP contribution in [0.2, 0.25) is 0 Å². The molecule has 1 N–H and O–H groups in total. The second-order valence-corrected chi connectivity index (χ2v) is 5.53. The van der Waals surface area contributed by atoms with E-state index >= 15 is 0 Å². The third-order valence-corrected chi connectivity index (χ3v) is 2.96. The molecule has 5 nitrogen and oxygen atoms in total. The third kappa shape index (κ3) is 2.96. The SMILES string of the molecule is CC1NCC(=O)N1CCS(C)(=O)=O. The fourth-order valence-corrected chi connectivity index (χ4v) is 1.77. The molecule has 0 saturated carbocycles. The molecule has 0 bridgehead atoms. The molecule has 1 aliphatic rings. The Morgan fingerprint density at radius 3 is 2.62 bits per heavy atom. The lowest BCUT2D eigenvalue weighted by Gasteiger charge is -2.19. The molecule has 6 heteroatoms. The number of amides is 1. The Hall–Kier alpha value is -0.620. The lowest BCUT2D eigenvalue weighted by Crippen LogP contribution is -2.37. The highest BCUT2D eigenvalue weighted by molar-refractivity contribution is 7.90. The zero-order valence-corrected chi connectivity index (χ0v) is 8.60. The van der Waals surface area contributed by atoms with Crippen LogP contribution >= 0.6 is 0 Å². The van der Waals surface area contributed by atoms with Crippen LogP contribution in [0.5, 0.6) is 0 Å². The first kappa shape index (κ1) is 10.5. The van der Waals surface area contributed by atoms with Gasteiger partial charge in [0.1, 0.15) is 9.84 Å². The summed E-state index contributed by atoms with van der Waals surface area (Å²) in [5.74, 6) is 0.00116. The van der Waals surface area contributed by atoms with E-state index in [4.69, 9.17) is 0 Å². The third-order valence-electron chi connectivity index (χ3n) is 2.04. The van der Waals surface area contributed by atoms with Gasteiger partial charge < -0.3 is 4.90 Å². The lowest BCUT2D eigenvalue weighted by atomic mass is 10.5. The van der Waals surface area contributed by atoms with Gasteiger partial charge in [-0.1, -0.05) is 0 Å². The fraction of sp³-hybridized carbons (Fsp3) is 0.857. The average molecular weight is 206 g/mol. The molecule has 1 rings (SSSR count). The van der Waals surface area contributed by atoms with E-state index < -0.39 is 9.84 Å². The summed E-state index contributed by atoms with van der Waals surface area (Å²) in [5.41, 5.74) is 0. The highest BCUT2D eigenvalue weighted by Gasteiger charge is 2.26. The van der Waals surface area contributed by atoms with Crippen LogP contribution in [0.4, 0.5) is 0 Å². The summed E-state index contributed by atoms with van der Waals surface area (Å²) in [6.45, 7) is 2.43. The van der Waals surface area contributed by atoms with Crippen LogP contribution in [0.15, 0.2) is 0 Å². The molecule has 0 radical (unpaired) electrons. The predicted octanol–water partition coefficient (Wildman–Crippen LogP) is -1.19. The van der Waals surface area contributed by atoms with Gasteiger partial charge in [-0.25, -0.2) is 8.42 Å². The first-order chi connectivity index (χ1) is 5.90. The van der Waals surface area contributed by atoms with Crippen molar-refractivity contribution >= 4 is 15.7 Å². The normalized spacial score (nSPS) is 24.0. The monoisotopic (exact) mass is 206 g/mol. The standard InChI is InChI=1S/C7H14N2O3S/c1-6-8-5-7(10)9(6)3-4-13(2,11)12/h6,8H,3-5H2,1-2H3. The van der Waals surface area contributed by atoms with Crippen molar-refractivity contribution in [3.63, 3.8) is 0 Å². The quantitative estimate of drug-likeness (QED) is 0.630. The molecule has 0 aromatic heterocycles. The largest absolute Gasteiger partial charge is 0.325 e. The van der Waals surface area contributed by atoms with Crippen LogP contribution in [0, 0.1) is 0 Å². The molecular weight excluding hydrogens is 192 g/mol. The second-order valence-electron chi connectivity index (χ2n) is 3.27. The molecular formula is C7H14N2O3S. The minimum Gasteiger partial charge on any atom is -0.325 e. The van der Waals surface area contributed by atoms with Crippen LogP contribution in [0.3, 0.4) is 0 Å². The van der Waals surface area contributed by atoms with Gasteiger partial charge in [0.25, 0.3) is 0 Å². The van der Waals surface area contributed by atoms with E-state index in [1.165, 1.54) is 6.26 Å². The van der Waals surface area contributed by atoms with Crippen LogP contribution in [-0.4, -0.2) is 50.5 Å². The Morgan fingerprint density at radius 2 is 2.23 bits per heavy atom. The molecule has 1 amide bonds. The average Bonchev–Trinajstić information content (AvgIpc) is 2.27. The van der Waals surface area contributed by atoms with Crippen LogP contribution in [0.1, 0.15) is 6.92 Å². The molecule has 0 spiro atoms. The zero-order valence-electron chi connectivity index (χ0n) is 7.78. The van der Waals surface area contributed by atoms with Gasteiger partial charge in [0.15, 0.2) is 0 Å². The van der Waals surface area contributed by atoms with E-state index in [2.05, 4.69) is 5.32 Å². The van der Waals surface area contributed by atoms with Crippen molar-refractivity contribution in [3.05, 3.63) is 0 Å². The number of hydrogen-bond donors (Lipinski definition) is 1. The van der Waals surface area contributed by atoms with Gasteiger partial charge in [0, 0.05) is 12.8 Å². The first-order valence-corrected chi connectivity index (χ1v) is 6.17. The van der Waals surface area contributed by atoms with Crippen molar-refractivity contribution in [3.8, 4) is 0 Å². The minimum absolute atomic E-state index is 0.0313. The number of nitrogens with zero attached hydrogens (tertiary/aromatic N) is 1. The number of carbonyl (C=O) groups is 1. The Morgan fingerprint density at radius 1 is 1.62 bits per heavy atom. The highest BCUT2D eigenvalue weighted by atomic mass is 32.2. The Bertz CT molecular complexity index is 299. The predicted molar refractivity (Wildman–Crippen MR) is 48.9 cm³/mol. The summed E-state index contributed by atoms with van der Waals surface area (Å²) in [5, 5.41) is 2.94. The summed E-state index contributed by atoms with van der Waals surface area (Å²) in [4.78, 5) is 12.7. The van der Waals surface area contributed by atoms with Crippen molar-refractivity contribution in [2.45, 2.75) is 13.1 Å². The van der Waals surface area contributed by atoms with E-state index in [1.54, 1.807) is 4.90 Å². The van der Waals surface area contributed by atoms with Crippen molar-refractivity contribution in [2.24, 2.45) is 0 Å². The van der Waals surface area contributed by atoms with Crippen molar-refractivity contribution in [1.82, 2.24) is 10.2 Å². The van der Waals surface area contributed by atoms with Gasteiger partial charge in [-0.15, -0.1) is 0 Å². The maximum Gasteiger partial charge on any atom is 0.237 e. The number of sulfone groups is 1. The summed E-state index contributed by atoms with van der Waals surface area (Å²) in [6.07, 6.45) is 1.13. The van der Waals surface area contributed by atoms with E-state index in [9.17, 15) is 13.2 Å². The van der Waals surface area contributed by atoms with Crippen molar-refractivity contribution in [1.29, 1.82) is 0 Å². The molecule has 1 atom stereocenters. The number of hydrogen-bond acceptors (Lipinski definition) is 4. The fourth-order valence-electron chi connectivity index (χ4n) is 1.25. The Kier molecular flexibility index (Phi) is 2.92. The molecule has 76 valence electrons. The van der Waals surface area contributed by atoms with Gasteiger partial charge in [0.05, 0.1) is 18.5 Å². The van der Waals surface area contributed by atoms with Crippen molar-refractivity contribution in [2.75, 3.05) is 25.1 Å². The molecule has 0 aromatic rings. The molecule has 1 unspecified atom stereocenters. The van der Waals surface area contributed by atoms with Gasteiger partial charge in [0.2, 0.25) is 5.91 Å². The lowest BCUT2D eigenvalue weighted by molar-refractivity contribution is -0.127. The molecule has 1 saturated heterocycles. The van der Waals surface area contributed by atoms with E-state index in [0.29, 0.717) is 6.54 Å². The minimum atomic E-state index is -2.98. The van der Waals surface area contributed by atoms with Gasteiger partial charge in [-0.3, -0.25) is 10.1 Å². The van der Waals surface area contributed by atoms with E-state index in [-0.39, 0.29) is 24.4 Å². The van der Waals surface area contributed by atoms with Crippen molar-refractivity contribution < 1.29 is 13.2 Å². The molecule has 1 aliphatic heterocycles.